The van der Waals surface area contributed by atoms with E-state index in [1.165, 1.54) is 43.6 Å². The average molecular weight is 807 g/mol. The maximum Gasteiger partial charge on any atom is 0.256 e. The fourth-order valence-corrected chi connectivity index (χ4v) is 8.68. The molecule has 4 aromatic carbocycles. The normalized spacial score (nSPS) is 14.1. The number of nitrogens with zero attached hydrogens (tertiary/aromatic N) is 2. The summed E-state index contributed by atoms with van der Waals surface area (Å²) in [4.78, 5) is 47.5. The summed E-state index contributed by atoms with van der Waals surface area (Å²) in [6.45, 7) is 5.38. The van der Waals surface area contributed by atoms with Gasteiger partial charge in [0.05, 0.1) is 39.6 Å². The zero-order valence-corrected chi connectivity index (χ0v) is 32.7. The minimum atomic E-state index is -4.14. The van der Waals surface area contributed by atoms with Crippen molar-refractivity contribution in [1.82, 2.24) is 20.1 Å². The number of methoxy groups -OCH3 is 1. The van der Waals surface area contributed by atoms with Gasteiger partial charge in [-0.15, -0.1) is 0 Å². The highest BCUT2D eigenvalue weighted by molar-refractivity contribution is 7.91. The lowest BCUT2D eigenvalue weighted by atomic mass is 10.0. The predicted molar refractivity (Wildman–Crippen MR) is 218 cm³/mol. The molecule has 58 heavy (non-hydrogen) atoms. The van der Waals surface area contributed by atoms with Gasteiger partial charge in [0.15, 0.2) is 6.20 Å². The SMILES string of the molecule is COc1cccc(Nc2c(C(N)=O)c[nH+]c3c(C)cc(S(=O)(=O)c4cccc(C(=O)N5CCN(CCNCC(O)c6ccc(O)c7[nH]c(=O)ccc67)CC5)c4)cc23)c1. The van der Waals surface area contributed by atoms with Crippen molar-refractivity contribution < 1.29 is 37.9 Å². The summed E-state index contributed by atoms with van der Waals surface area (Å²) in [7, 11) is -2.60. The molecule has 3 heterocycles. The quantitative estimate of drug-likeness (QED) is 0.0930. The lowest BCUT2D eigenvalue weighted by Gasteiger charge is -2.35. The Bertz CT molecular complexity index is 2710. The number of ether oxygens (including phenoxy) is 1. The Morgan fingerprint density at radius 2 is 1.74 bits per heavy atom. The van der Waals surface area contributed by atoms with E-state index in [1.54, 1.807) is 66.4 Å². The molecule has 8 N–H and O–H groups in total. The zero-order chi connectivity index (χ0) is 41.1. The highest BCUT2D eigenvalue weighted by Crippen LogP contribution is 2.34. The Morgan fingerprint density at radius 1 is 0.966 bits per heavy atom. The Kier molecular flexibility index (Phi) is 11.4. The summed E-state index contributed by atoms with van der Waals surface area (Å²) >= 11 is 0. The number of H-pyrrole nitrogens is 2. The maximum absolute atomic E-state index is 14.2. The minimum absolute atomic E-state index is 0.0201. The van der Waals surface area contributed by atoms with Crippen LogP contribution in [0.4, 0.5) is 11.4 Å². The van der Waals surface area contributed by atoms with E-state index in [4.69, 9.17) is 10.5 Å². The summed E-state index contributed by atoms with van der Waals surface area (Å²) in [5.41, 5.74) is 8.79. The molecule has 7 rings (SSSR count). The molecule has 0 aliphatic carbocycles. The van der Waals surface area contributed by atoms with E-state index in [9.17, 15) is 33.0 Å². The van der Waals surface area contributed by atoms with E-state index in [0.717, 1.165) is 0 Å². The number of aromatic amines is 2. The number of phenolic OH excluding ortho intramolecular Hbond substituents is 1. The molecule has 2 amide bonds. The fraction of sp³-hybridized carbons (Fsp3) is 0.238. The van der Waals surface area contributed by atoms with E-state index >= 15 is 0 Å². The third kappa shape index (κ3) is 8.22. The molecule has 1 saturated heterocycles. The van der Waals surface area contributed by atoms with E-state index in [2.05, 4.69) is 25.5 Å². The van der Waals surface area contributed by atoms with Crippen LogP contribution in [-0.2, 0) is 9.84 Å². The van der Waals surface area contributed by atoms with Crippen molar-refractivity contribution >= 4 is 54.8 Å². The minimum Gasteiger partial charge on any atom is -0.506 e. The number of aliphatic hydroxyl groups is 1. The molecule has 0 saturated carbocycles. The number of rotatable bonds is 13. The monoisotopic (exact) mass is 806 g/mol. The van der Waals surface area contributed by atoms with Gasteiger partial charge in [0.1, 0.15) is 17.1 Å². The number of phenols is 1. The molecule has 0 bridgehead atoms. The highest BCUT2D eigenvalue weighted by Gasteiger charge is 2.27. The van der Waals surface area contributed by atoms with E-state index in [-0.39, 0.29) is 50.2 Å². The van der Waals surface area contributed by atoms with Crippen molar-refractivity contribution in [3.63, 3.8) is 0 Å². The lowest BCUT2D eigenvalue weighted by molar-refractivity contribution is -0.345. The van der Waals surface area contributed by atoms with Gasteiger partial charge < -0.3 is 41.2 Å². The smallest absolute Gasteiger partial charge is 0.256 e. The standard InChI is InChI=1S/C42H43N7O8S/c1-25-19-30(22-33-38(25)45-23-34(41(43)53)39(33)46-27-6-4-7-28(21-27)57-2)58(55,56)29-8-3-5-26(20-29)42(54)49-17-15-48(16-18-49)14-13-44-24-36(51)31-9-11-35(50)40-32(31)10-12-37(52)47-40/h3-12,19-23,36,44,50-51H,13-18,24H2,1-2H3,(H2,43,53)(H,45,46)(H,47,52)/p+1. The van der Waals surface area contributed by atoms with Gasteiger partial charge in [-0.2, -0.15) is 0 Å². The van der Waals surface area contributed by atoms with Gasteiger partial charge in [-0.05, 0) is 67.1 Å². The second kappa shape index (κ2) is 16.6. The molecule has 0 spiro atoms. The number of hydrogen-bond donors (Lipinski definition) is 6. The summed E-state index contributed by atoms with van der Waals surface area (Å²) < 4.78 is 33.8. The van der Waals surface area contributed by atoms with E-state index in [0.29, 0.717) is 83.8 Å². The third-order valence-electron chi connectivity index (χ3n) is 10.4. The number of aliphatic hydroxyl groups excluding tert-OH is 1. The van der Waals surface area contributed by atoms with Crippen LogP contribution < -0.4 is 31.6 Å². The number of amides is 2. The molecule has 16 heteroatoms. The van der Waals surface area contributed by atoms with Gasteiger partial charge in [0.25, 0.3) is 11.8 Å². The van der Waals surface area contributed by atoms with Crippen molar-refractivity contribution in [2.75, 3.05) is 58.2 Å². The maximum atomic E-state index is 14.2. The number of aromatic nitrogens is 2. The van der Waals surface area contributed by atoms with Crippen LogP contribution in [0.2, 0.25) is 0 Å². The van der Waals surface area contributed by atoms with Crippen LogP contribution in [0.25, 0.3) is 21.8 Å². The lowest BCUT2D eigenvalue weighted by Crippen LogP contribution is -2.50. The fourth-order valence-electron chi connectivity index (χ4n) is 7.26. The van der Waals surface area contributed by atoms with Crippen LogP contribution in [0.1, 0.15) is 37.9 Å². The highest BCUT2D eigenvalue weighted by atomic mass is 32.2. The molecular formula is C42H44N7O8S+. The number of pyridine rings is 2. The summed E-state index contributed by atoms with van der Waals surface area (Å²) in [5.74, 6) is -0.480. The van der Waals surface area contributed by atoms with Crippen LogP contribution >= 0.6 is 0 Å². The molecule has 1 atom stereocenters. The Labute approximate surface area is 334 Å². The van der Waals surface area contributed by atoms with Crippen molar-refractivity contribution in [3.8, 4) is 11.5 Å². The first kappa shape index (κ1) is 39.9. The predicted octanol–water partition coefficient (Wildman–Crippen LogP) is 3.27. The number of carbonyl (C=O) groups excluding carboxylic acids is 2. The second-order valence-corrected chi connectivity index (χ2v) is 16.1. The molecule has 15 nitrogen and oxygen atoms in total. The number of carbonyl (C=O) groups is 2. The third-order valence-corrected chi connectivity index (χ3v) is 12.1. The van der Waals surface area contributed by atoms with Gasteiger partial charge in [0, 0.05) is 80.1 Å². The number of aromatic hydroxyl groups is 1. The van der Waals surface area contributed by atoms with Crippen molar-refractivity contribution in [2.24, 2.45) is 5.73 Å². The molecule has 0 radical (unpaired) electrons. The van der Waals surface area contributed by atoms with Crippen LogP contribution in [-0.4, -0.2) is 98.2 Å². The van der Waals surface area contributed by atoms with Crippen LogP contribution in [0.3, 0.4) is 0 Å². The summed E-state index contributed by atoms with van der Waals surface area (Å²) in [6.07, 6.45) is 0.612. The number of benzene rings is 4. The number of fused-ring (bicyclic) bond motifs is 2. The number of piperazine rings is 1. The Hall–Kier alpha value is -6.33. The second-order valence-electron chi connectivity index (χ2n) is 14.1. The van der Waals surface area contributed by atoms with Crippen LogP contribution in [0, 0.1) is 6.92 Å². The number of anilines is 2. The summed E-state index contributed by atoms with van der Waals surface area (Å²) in [5, 5.41) is 28.5. The number of hydrogen-bond acceptors (Lipinski definition) is 11. The average Bonchev–Trinajstić information content (AvgIpc) is 3.22. The number of nitrogens with one attached hydrogen (secondary N) is 4. The topological polar surface area (TPSA) is 222 Å². The summed E-state index contributed by atoms with van der Waals surface area (Å²) in [6, 6.07) is 22.1. The van der Waals surface area contributed by atoms with E-state index < -0.39 is 21.8 Å². The molecule has 2 aromatic heterocycles. The van der Waals surface area contributed by atoms with Crippen LogP contribution in [0.15, 0.2) is 106 Å². The molecule has 1 unspecified atom stereocenters. The first-order valence-corrected chi connectivity index (χ1v) is 20.1. The molecule has 1 fully saturated rings. The first-order chi connectivity index (χ1) is 27.8. The number of aryl methyl sites for hydroxylation is 1. The van der Waals surface area contributed by atoms with Gasteiger partial charge >= 0.3 is 0 Å². The van der Waals surface area contributed by atoms with Crippen LogP contribution in [0.5, 0.6) is 11.5 Å². The Balaban J connectivity index is 1.01. The van der Waals surface area contributed by atoms with Gasteiger partial charge in [-0.25, -0.2) is 13.4 Å². The van der Waals surface area contributed by atoms with E-state index in [1.807, 2.05) is 0 Å². The Morgan fingerprint density at radius 3 is 2.50 bits per heavy atom. The molecule has 1 aliphatic heterocycles. The number of sulfone groups is 1. The molecule has 1 aliphatic rings. The number of primary amides is 1. The van der Waals surface area contributed by atoms with Gasteiger partial charge in [-0.3, -0.25) is 19.3 Å². The van der Waals surface area contributed by atoms with Crippen molar-refractivity contribution in [1.29, 1.82) is 0 Å². The van der Waals surface area contributed by atoms with Gasteiger partial charge in [0.2, 0.25) is 20.9 Å². The molecule has 6 aromatic rings. The zero-order valence-electron chi connectivity index (χ0n) is 31.9. The molecular weight excluding hydrogens is 763 g/mol. The first-order valence-electron chi connectivity index (χ1n) is 18.6. The number of nitrogens with two attached hydrogens (primary N) is 1. The van der Waals surface area contributed by atoms with Crippen molar-refractivity contribution in [3.05, 3.63) is 124 Å². The van der Waals surface area contributed by atoms with Crippen molar-refractivity contribution in [2.45, 2.75) is 22.8 Å². The van der Waals surface area contributed by atoms with Gasteiger partial charge in [-0.1, -0.05) is 18.2 Å². The molecule has 300 valence electrons. The largest absolute Gasteiger partial charge is 0.506 e.